The van der Waals surface area contributed by atoms with Gasteiger partial charge in [0.05, 0.1) is 0 Å². The van der Waals surface area contributed by atoms with E-state index in [9.17, 15) is 0 Å². The van der Waals surface area contributed by atoms with E-state index >= 15 is 0 Å². The molecule has 76 valence electrons. The van der Waals surface area contributed by atoms with E-state index in [1.165, 1.54) is 36.8 Å². The Hall–Kier alpha value is -0.820. The largest absolute Gasteiger partial charge is 0.328 e. The first kappa shape index (κ1) is 9.72. The Morgan fingerprint density at radius 2 is 1.86 bits per heavy atom. The molecule has 1 aliphatic carbocycles. The van der Waals surface area contributed by atoms with Gasteiger partial charge in [0.1, 0.15) is 0 Å². The maximum Gasteiger partial charge on any atom is 0.00392 e. The molecule has 0 spiro atoms. The van der Waals surface area contributed by atoms with Crippen molar-refractivity contribution < 1.29 is 0 Å². The summed E-state index contributed by atoms with van der Waals surface area (Å²) in [6.07, 6.45) is 4.92. The highest BCUT2D eigenvalue weighted by molar-refractivity contribution is 5.25. The van der Waals surface area contributed by atoms with Crippen molar-refractivity contribution in [1.29, 1.82) is 0 Å². The third-order valence-electron chi connectivity index (χ3n) is 3.29. The normalized spacial score (nSPS) is 27.6. The summed E-state index contributed by atoms with van der Waals surface area (Å²) in [6.45, 7) is 2.16. The van der Waals surface area contributed by atoms with Crippen LogP contribution in [0.25, 0.3) is 0 Å². The Kier molecular flexibility index (Phi) is 2.87. The fourth-order valence-corrected chi connectivity index (χ4v) is 2.38. The minimum absolute atomic E-state index is 0.455. The average molecular weight is 189 g/mol. The Labute approximate surface area is 86.3 Å². The molecule has 1 aromatic carbocycles. The summed E-state index contributed by atoms with van der Waals surface area (Å²) in [5.41, 5.74) is 8.79. The van der Waals surface area contributed by atoms with Crippen molar-refractivity contribution >= 4 is 0 Å². The number of aryl methyl sites for hydroxylation is 1. The molecule has 1 saturated carbocycles. The number of hydrogen-bond acceptors (Lipinski definition) is 1. The van der Waals surface area contributed by atoms with E-state index in [1.54, 1.807) is 0 Å². The van der Waals surface area contributed by atoms with Crippen LogP contribution in [0.4, 0.5) is 0 Å². The first-order valence-corrected chi connectivity index (χ1v) is 5.58. The second-order valence-corrected chi connectivity index (χ2v) is 4.53. The van der Waals surface area contributed by atoms with Gasteiger partial charge in [-0.2, -0.15) is 0 Å². The van der Waals surface area contributed by atoms with Crippen LogP contribution in [0.1, 0.15) is 42.7 Å². The lowest BCUT2D eigenvalue weighted by Crippen LogP contribution is -2.25. The minimum Gasteiger partial charge on any atom is -0.328 e. The lowest BCUT2D eigenvalue weighted by atomic mass is 9.82. The summed E-state index contributed by atoms with van der Waals surface area (Å²) >= 11 is 0. The van der Waals surface area contributed by atoms with Crippen LogP contribution in [0, 0.1) is 6.92 Å². The quantitative estimate of drug-likeness (QED) is 0.722. The molecule has 0 aromatic heterocycles. The second-order valence-electron chi connectivity index (χ2n) is 4.53. The van der Waals surface area contributed by atoms with E-state index in [-0.39, 0.29) is 0 Å². The van der Waals surface area contributed by atoms with Crippen molar-refractivity contribution in [1.82, 2.24) is 0 Å². The fourth-order valence-electron chi connectivity index (χ4n) is 2.38. The van der Waals surface area contributed by atoms with Gasteiger partial charge in [0, 0.05) is 6.04 Å². The van der Waals surface area contributed by atoms with Crippen molar-refractivity contribution in [3.8, 4) is 0 Å². The molecule has 1 aromatic rings. The average Bonchev–Trinajstić information content (AvgIpc) is 2.19. The van der Waals surface area contributed by atoms with Gasteiger partial charge in [-0.3, -0.25) is 0 Å². The van der Waals surface area contributed by atoms with Crippen LogP contribution >= 0.6 is 0 Å². The highest BCUT2D eigenvalue weighted by Crippen LogP contribution is 2.32. The number of nitrogens with two attached hydrogens (primary N) is 1. The Balaban J connectivity index is 2.08. The second kappa shape index (κ2) is 4.14. The third-order valence-corrected chi connectivity index (χ3v) is 3.29. The topological polar surface area (TPSA) is 26.0 Å². The van der Waals surface area contributed by atoms with Crippen molar-refractivity contribution in [2.45, 2.75) is 44.6 Å². The van der Waals surface area contributed by atoms with Gasteiger partial charge in [-0.05, 0) is 44.1 Å². The molecule has 0 atom stereocenters. The zero-order valence-corrected chi connectivity index (χ0v) is 8.87. The molecule has 14 heavy (non-hydrogen) atoms. The predicted octanol–water partition coefficient (Wildman–Crippen LogP) is 2.98. The first-order valence-electron chi connectivity index (χ1n) is 5.58. The summed E-state index contributed by atoms with van der Waals surface area (Å²) in [4.78, 5) is 0. The van der Waals surface area contributed by atoms with Gasteiger partial charge in [-0.25, -0.2) is 0 Å². The Morgan fingerprint density at radius 3 is 2.50 bits per heavy atom. The Bertz CT molecular complexity index is 298. The van der Waals surface area contributed by atoms with Crippen LogP contribution in [-0.2, 0) is 0 Å². The molecule has 0 heterocycles. The summed E-state index contributed by atoms with van der Waals surface area (Å²) in [5, 5.41) is 0. The first-order chi connectivity index (χ1) is 6.75. The maximum absolute atomic E-state index is 5.90. The van der Waals surface area contributed by atoms with Crippen molar-refractivity contribution in [2.24, 2.45) is 5.73 Å². The molecule has 0 aliphatic heterocycles. The molecular formula is C13H19N. The van der Waals surface area contributed by atoms with E-state index < -0.39 is 0 Å². The van der Waals surface area contributed by atoms with Crippen molar-refractivity contribution in [3.05, 3.63) is 35.4 Å². The zero-order chi connectivity index (χ0) is 9.97. The smallest absolute Gasteiger partial charge is 0.00392 e. The Morgan fingerprint density at radius 1 is 1.14 bits per heavy atom. The van der Waals surface area contributed by atoms with E-state index in [4.69, 9.17) is 5.73 Å². The molecule has 0 amide bonds. The molecule has 0 unspecified atom stereocenters. The van der Waals surface area contributed by atoms with Crippen molar-refractivity contribution in [3.63, 3.8) is 0 Å². The third kappa shape index (κ3) is 2.16. The number of hydrogen-bond donors (Lipinski definition) is 1. The molecule has 2 N–H and O–H groups in total. The van der Waals surface area contributed by atoms with Crippen LogP contribution in [0.5, 0.6) is 0 Å². The molecule has 1 nitrogen and oxygen atoms in total. The van der Waals surface area contributed by atoms with Crippen LogP contribution in [0.2, 0.25) is 0 Å². The lowest BCUT2D eigenvalue weighted by molar-refractivity contribution is 0.395. The molecule has 2 rings (SSSR count). The molecule has 0 bridgehead atoms. The molecule has 0 radical (unpaired) electrons. The van der Waals surface area contributed by atoms with E-state index in [1.807, 2.05) is 0 Å². The van der Waals surface area contributed by atoms with Crippen LogP contribution in [-0.4, -0.2) is 6.04 Å². The van der Waals surface area contributed by atoms with E-state index in [0.29, 0.717) is 6.04 Å². The molecular weight excluding hydrogens is 170 g/mol. The molecule has 1 heteroatoms. The van der Waals surface area contributed by atoms with E-state index in [2.05, 4.69) is 31.2 Å². The SMILES string of the molecule is Cc1cccc([C@H]2CC[C@@H](N)CC2)c1. The van der Waals surface area contributed by atoms with Crippen molar-refractivity contribution in [2.75, 3.05) is 0 Å². The van der Waals surface area contributed by atoms with Crippen LogP contribution < -0.4 is 5.73 Å². The molecule has 0 saturated heterocycles. The fraction of sp³-hybridized carbons (Fsp3) is 0.538. The van der Waals surface area contributed by atoms with Crippen LogP contribution in [0.3, 0.4) is 0 Å². The summed E-state index contributed by atoms with van der Waals surface area (Å²) in [5.74, 6) is 0.759. The van der Waals surface area contributed by atoms with Gasteiger partial charge in [0.2, 0.25) is 0 Å². The zero-order valence-electron chi connectivity index (χ0n) is 8.87. The van der Waals surface area contributed by atoms with Gasteiger partial charge >= 0.3 is 0 Å². The summed E-state index contributed by atoms with van der Waals surface area (Å²) in [6, 6.07) is 9.36. The van der Waals surface area contributed by atoms with Gasteiger partial charge < -0.3 is 5.73 Å². The summed E-state index contributed by atoms with van der Waals surface area (Å²) in [7, 11) is 0. The maximum atomic E-state index is 5.90. The van der Waals surface area contributed by atoms with Gasteiger partial charge in [-0.1, -0.05) is 29.8 Å². The molecule has 1 fully saturated rings. The van der Waals surface area contributed by atoms with Gasteiger partial charge in [0.25, 0.3) is 0 Å². The lowest BCUT2D eigenvalue weighted by Gasteiger charge is -2.26. The minimum atomic E-state index is 0.455. The van der Waals surface area contributed by atoms with Gasteiger partial charge in [0.15, 0.2) is 0 Å². The molecule has 1 aliphatic rings. The monoisotopic (exact) mass is 189 g/mol. The standard InChI is InChI=1S/C13H19N/c1-10-3-2-4-12(9-10)11-5-7-13(14)8-6-11/h2-4,9,11,13H,5-8,14H2,1H3/t11-,13+. The highest BCUT2D eigenvalue weighted by atomic mass is 14.6. The predicted molar refractivity (Wildman–Crippen MR) is 60.4 cm³/mol. The number of benzene rings is 1. The van der Waals surface area contributed by atoms with E-state index in [0.717, 1.165) is 5.92 Å². The van der Waals surface area contributed by atoms with Gasteiger partial charge in [-0.15, -0.1) is 0 Å². The summed E-state index contributed by atoms with van der Waals surface area (Å²) < 4.78 is 0. The highest BCUT2D eigenvalue weighted by Gasteiger charge is 2.19. The number of rotatable bonds is 1. The van der Waals surface area contributed by atoms with Crippen LogP contribution in [0.15, 0.2) is 24.3 Å².